The van der Waals surface area contributed by atoms with Crippen molar-refractivity contribution < 1.29 is 17.2 Å². The first-order chi connectivity index (χ1) is 13.8. The molecule has 1 unspecified atom stereocenters. The van der Waals surface area contributed by atoms with Crippen molar-refractivity contribution in [1.29, 1.82) is 0 Å². The topological polar surface area (TPSA) is 49.4 Å². The van der Waals surface area contributed by atoms with Gasteiger partial charge >= 0.3 is 0 Å². The number of hydrogen-bond donors (Lipinski definition) is 1. The number of benzene rings is 2. The van der Waals surface area contributed by atoms with Gasteiger partial charge in [0.25, 0.3) is 10.0 Å². The van der Waals surface area contributed by atoms with E-state index < -0.39 is 22.4 Å². The van der Waals surface area contributed by atoms with Crippen LogP contribution < -0.4 is 4.72 Å². The third-order valence-corrected chi connectivity index (χ3v) is 6.90. The number of hydrogen-bond acceptors (Lipinski definition) is 3. The van der Waals surface area contributed by atoms with Gasteiger partial charge in [0.05, 0.1) is 4.90 Å². The van der Waals surface area contributed by atoms with Gasteiger partial charge in [0.2, 0.25) is 6.43 Å². The van der Waals surface area contributed by atoms with Crippen LogP contribution in [0.1, 0.15) is 49.7 Å². The van der Waals surface area contributed by atoms with Gasteiger partial charge in [-0.1, -0.05) is 38.1 Å². The molecule has 1 aliphatic rings. The fraction of sp³-hybridized carbons (Fsp3) is 0.455. The molecule has 1 aliphatic heterocycles. The minimum absolute atomic E-state index is 0.0161. The van der Waals surface area contributed by atoms with E-state index in [0.717, 1.165) is 32.5 Å². The van der Waals surface area contributed by atoms with Crippen molar-refractivity contribution >= 4 is 15.7 Å². The summed E-state index contributed by atoms with van der Waals surface area (Å²) in [5.41, 5.74) is 1.97. The van der Waals surface area contributed by atoms with Crippen LogP contribution >= 0.6 is 0 Å². The Bertz CT molecular complexity index is 917. The third kappa shape index (κ3) is 5.34. The summed E-state index contributed by atoms with van der Waals surface area (Å²) in [6.45, 7) is 6.80. The second-order valence-electron chi connectivity index (χ2n) is 7.71. The van der Waals surface area contributed by atoms with Crippen molar-refractivity contribution in [2.75, 3.05) is 24.4 Å². The zero-order valence-corrected chi connectivity index (χ0v) is 17.6. The average molecular weight is 423 g/mol. The molecule has 1 N–H and O–H groups in total. The van der Waals surface area contributed by atoms with Crippen molar-refractivity contribution in [1.82, 2.24) is 4.90 Å². The van der Waals surface area contributed by atoms with Crippen LogP contribution in [-0.4, -0.2) is 39.4 Å². The smallest absolute Gasteiger partial charge is 0.261 e. The molecule has 0 saturated carbocycles. The Morgan fingerprint density at radius 1 is 1.17 bits per heavy atom. The summed E-state index contributed by atoms with van der Waals surface area (Å²) in [4.78, 5) is 2.44. The number of likely N-dealkylation sites (tertiary alicyclic amines) is 1. The van der Waals surface area contributed by atoms with Crippen LogP contribution in [0.15, 0.2) is 53.4 Å². The summed E-state index contributed by atoms with van der Waals surface area (Å²) in [5.74, 6) is -0.553. The van der Waals surface area contributed by atoms with Crippen molar-refractivity contribution in [2.24, 2.45) is 0 Å². The van der Waals surface area contributed by atoms with Gasteiger partial charge in [-0.05, 0) is 67.2 Å². The normalized spacial score (nSPS) is 18.9. The van der Waals surface area contributed by atoms with Crippen LogP contribution in [0.5, 0.6) is 0 Å². The predicted molar refractivity (Wildman–Crippen MR) is 112 cm³/mol. The van der Waals surface area contributed by atoms with Gasteiger partial charge in [-0.3, -0.25) is 4.72 Å². The van der Waals surface area contributed by atoms with Gasteiger partial charge in [0.1, 0.15) is 0 Å². The highest BCUT2D eigenvalue weighted by atomic mass is 32.2. The molecular weight excluding hydrogens is 394 g/mol. The highest BCUT2D eigenvalue weighted by Gasteiger charge is 2.24. The first-order valence-electron chi connectivity index (χ1n) is 10.0. The maximum absolute atomic E-state index is 13.0. The van der Waals surface area contributed by atoms with Crippen molar-refractivity contribution in [3.63, 3.8) is 0 Å². The number of alkyl halides is 2. The summed E-state index contributed by atoms with van der Waals surface area (Å²) in [6, 6.07) is 13.2. The molecule has 158 valence electrons. The fourth-order valence-corrected chi connectivity index (χ4v) is 4.89. The maximum Gasteiger partial charge on any atom is 0.261 e. The average Bonchev–Trinajstić information content (AvgIpc) is 3.16. The second kappa shape index (κ2) is 9.22. The van der Waals surface area contributed by atoms with Crippen molar-refractivity contribution in [3.05, 3.63) is 59.7 Å². The first kappa shape index (κ1) is 21.7. The van der Waals surface area contributed by atoms with E-state index in [1.54, 1.807) is 12.1 Å². The number of halogens is 2. The predicted octanol–water partition coefficient (Wildman–Crippen LogP) is 5.06. The van der Waals surface area contributed by atoms with Gasteiger partial charge in [-0.2, -0.15) is 0 Å². The lowest BCUT2D eigenvalue weighted by Gasteiger charge is -2.16. The van der Waals surface area contributed by atoms with Crippen LogP contribution in [0.25, 0.3) is 0 Å². The van der Waals surface area contributed by atoms with Crippen molar-refractivity contribution in [2.45, 2.75) is 49.8 Å². The monoisotopic (exact) mass is 422 g/mol. The SMILES string of the molecule is CCCN1CCC(c2ccc(NS(=O)(=O)c3cccc([C@H](C)C(F)F)c3)cc2)C1. The van der Waals surface area contributed by atoms with E-state index in [2.05, 4.69) is 16.5 Å². The van der Waals surface area contributed by atoms with E-state index >= 15 is 0 Å². The zero-order valence-electron chi connectivity index (χ0n) is 16.8. The molecule has 3 rings (SSSR count). The largest absolute Gasteiger partial charge is 0.303 e. The highest BCUT2D eigenvalue weighted by molar-refractivity contribution is 7.92. The molecule has 0 aliphatic carbocycles. The summed E-state index contributed by atoms with van der Waals surface area (Å²) in [5, 5.41) is 0. The van der Waals surface area contributed by atoms with Crippen LogP contribution in [-0.2, 0) is 10.0 Å². The Labute approximate surface area is 172 Å². The molecule has 0 spiro atoms. The van der Waals surface area contributed by atoms with Crippen LogP contribution in [0.2, 0.25) is 0 Å². The Balaban J connectivity index is 1.70. The van der Waals surface area contributed by atoms with Crippen molar-refractivity contribution in [3.8, 4) is 0 Å². The number of rotatable bonds is 8. The molecule has 0 amide bonds. The third-order valence-electron chi connectivity index (χ3n) is 5.52. The minimum atomic E-state index is -3.85. The molecule has 2 aromatic carbocycles. The lowest BCUT2D eigenvalue weighted by molar-refractivity contribution is 0.121. The number of sulfonamides is 1. The molecule has 0 radical (unpaired) electrons. The molecule has 1 saturated heterocycles. The fourth-order valence-electron chi connectivity index (χ4n) is 3.77. The standard InChI is InChI=1S/C22H28F2N2O2S/c1-3-12-26-13-11-19(15-26)17-7-9-20(10-8-17)25-29(27,28)21-6-4-5-18(14-21)16(2)22(23)24/h4-10,14,16,19,22,25H,3,11-13,15H2,1-2H3/t16-,19?/m0/s1. The zero-order chi connectivity index (χ0) is 21.0. The molecule has 2 atom stereocenters. The highest BCUT2D eigenvalue weighted by Crippen LogP contribution is 2.29. The van der Waals surface area contributed by atoms with Gasteiger partial charge in [0.15, 0.2) is 0 Å². The number of anilines is 1. The summed E-state index contributed by atoms with van der Waals surface area (Å²) in [7, 11) is -3.85. The molecule has 0 aromatic heterocycles. The van der Waals surface area contributed by atoms with E-state index in [-0.39, 0.29) is 4.90 Å². The molecule has 4 nitrogen and oxygen atoms in total. The number of nitrogens with one attached hydrogen (secondary N) is 1. The van der Waals surface area contributed by atoms with E-state index in [1.165, 1.54) is 36.8 Å². The summed E-state index contributed by atoms with van der Waals surface area (Å²) in [6.07, 6.45) is -0.289. The molecule has 0 bridgehead atoms. The second-order valence-corrected chi connectivity index (χ2v) is 9.39. The lowest BCUT2D eigenvalue weighted by atomic mass is 9.98. The lowest BCUT2D eigenvalue weighted by Crippen LogP contribution is -2.20. The molecule has 1 heterocycles. The Kier molecular flexibility index (Phi) is 6.90. The Hall–Kier alpha value is -1.99. The molecule has 2 aromatic rings. The van der Waals surface area contributed by atoms with Crippen LogP contribution in [0, 0.1) is 0 Å². The van der Waals surface area contributed by atoms with E-state index in [9.17, 15) is 17.2 Å². The minimum Gasteiger partial charge on any atom is -0.303 e. The van der Waals surface area contributed by atoms with E-state index in [1.807, 2.05) is 12.1 Å². The first-order valence-corrected chi connectivity index (χ1v) is 11.5. The van der Waals surface area contributed by atoms with Gasteiger partial charge in [-0.15, -0.1) is 0 Å². The quantitative estimate of drug-likeness (QED) is 0.647. The van der Waals surface area contributed by atoms with Crippen LogP contribution in [0.3, 0.4) is 0 Å². The van der Waals surface area contributed by atoms with Gasteiger partial charge < -0.3 is 4.90 Å². The van der Waals surface area contributed by atoms with E-state index in [4.69, 9.17) is 0 Å². The Morgan fingerprint density at radius 3 is 2.55 bits per heavy atom. The molecular formula is C22H28F2N2O2S. The number of nitrogens with zero attached hydrogens (tertiary/aromatic N) is 1. The molecule has 7 heteroatoms. The maximum atomic E-state index is 13.0. The van der Waals surface area contributed by atoms with Crippen LogP contribution in [0.4, 0.5) is 14.5 Å². The summed E-state index contributed by atoms with van der Waals surface area (Å²) < 4.78 is 53.9. The molecule has 1 fully saturated rings. The van der Waals surface area contributed by atoms with Gasteiger partial charge in [-0.25, -0.2) is 17.2 Å². The summed E-state index contributed by atoms with van der Waals surface area (Å²) >= 11 is 0. The Morgan fingerprint density at radius 2 is 1.90 bits per heavy atom. The molecule has 29 heavy (non-hydrogen) atoms. The van der Waals surface area contributed by atoms with Gasteiger partial charge in [0, 0.05) is 18.2 Å². The van der Waals surface area contributed by atoms with E-state index in [0.29, 0.717) is 17.2 Å².